The topological polar surface area (TPSA) is 59.1 Å². The number of nitrogens with two attached hydrogens (primary N) is 1. The van der Waals surface area contributed by atoms with E-state index in [1.165, 1.54) is 0 Å². The summed E-state index contributed by atoms with van der Waals surface area (Å²) >= 11 is 3.39. The monoisotopic (exact) mass is 284 g/mol. The number of rotatable bonds is 2. The minimum absolute atomic E-state index is 0.138. The highest BCUT2D eigenvalue weighted by Gasteiger charge is 2.32. The Morgan fingerprint density at radius 3 is 3.06 bits per heavy atom. The number of aromatic nitrogens is 1. The maximum absolute atomic E-state index is 10.5. The van der Waals surface area contributed by atoms with Crippen molar-refractivity contribution < 1.29 is 5.11 Å². The lowest BCUT2D eigenvalue weighted by Crippen LogP contribution is -2.42. The summed E-state index contributed by atoms with van der Waals surface area (Å²) in [6, 6.07) is 2.14. The van der Waals surface area contributed by atoms with Crippen molar-refractivity contribution in [3.8, 4) is 0 Å². The zero-order chi connectivity index (χ0) is 11.6. The SMILES string of the molecule is NC1CCCC(O)(Cc2cncc(Br)c2)C1. The van der Waals surface area contributed by atoms with E-state index in [9.17, 15) is 5.11 Å². The number of hydrogen-bond donors (Lipinski definition) is 2. The third kappa shape index (κ3) is 3.03. The second kappa shape index (κ2) is 4.82. The summed E-state index contributed by atoms with van der Waals surface area (Å²) in [7, 11) is 0. The van der Waals surface area contributed by atoms with Crippen LogP contribution in [0.1, 0.15) is 31.2 Å². The largest absolute Gasteiger partial charge is 0.389 e. The molecule has 0 amide bonds. The lowest BCUT2D eigenvalue weighted by Gasteiger charge is -2.35. The van der Waals surface area contributed by atoms with Gasteiger partial charge in [-0.3, -0.25) is 4.98 Å². The van der Waals surface area contributed by atoms with Crippen LogP contribution in [-0.4, -0.2) is 21.7 Å². The predicted octanol–water partition coefficient (Wildman–Crippen LogP) is 2.02. The van der Waals surface area contributed by atoms with E-state index in [0.717, 1.165) is 29.3 Å². The molecule has 0 aromatic carbocycles. The van der Waals surface area contributed by atoms with Crippen molar-refractivity contribution in [2.45, 2.75) is 43.7 Å². The molecule has 3 N–H and O–H groups in total. The van der Waals surface area contributed by atoms with Gasteiger partial charge in [-0.25, -0.2) is 0 Å². The Bertz CT molecular complexity index is 372. The van der Waals surface area contributed by atoms with Crippen LogP contribution < -0.4 is 5.73 Å². The standard InChI is InChI=1S/C12H17BrN2O/c13-10-4-9(7-15-8-10)5-12(16)3-1-2-11(14)6-12/h4,7-8,11,16H,1-3,5-6,14H2. The number of nitrogens with zero attached hydrogens (tertiary/aromatic N) is 1. The van der Waals surface area contributed by atoms with Crippen LogP contribution in [0.5, 0.6) is 0 Å². The Labute approximate surface area is 104 Å². The highest BCUT2D eigenvalue weighted by atomic mass is 79.9. The van der Waals surface area contributed by atoms with E-state index in [-0.39, 0.29) is 6.04 Å². The van der Waals surface area contributed by atoms with Gasteiger partial charge in [0.05, 0.1) is 5.60 Å². The molecule has 1 aliphatic rings. The van der Waals surface area contributed by atoms with Gasteiger partial charge in [0, 0.05) is 29.3 Å². The number of halogens is 1. The van der Waals surface area contributed by atoms with Crippen molar-refractivity contribution in [2.24, 2.45) is 5.73 Å². The second-order valence-corrected chi connectivity index (χ2v) is 5.68. The van der Waals surface area contributed by atoms with Crippen molar-refractivity contribution in [3.05, 3.63) is 28.5 Å². The van der Waals surface area contributed by atoms with Crippen LogP contribution >= 0.6 is 15.9 Å². The molecule has 3 nitrogen and oxygen atoms in total. The van der Waals surface area contributed by atoms with Gasteiger partial charge in [0.1, 0.15) is 0 Å². The molecule has 1 aromatic heterocycles. The molecule has 0 bridgehead atoms. The third-order valence-electron chi connectivity index (χ3n) is 3.15. The molecule has 2 unspecified atom stereocenters. The predicted molar refractivity (Wildman–Crippen MR) is 67.0 cm³/mol. The van der Waals surface area contributed by atoms with Crippen LogP contribution in [-0.2, 0) is 6.42 Å². The van der Waals surface area contributed by atoms with Gasteiger partial charge in [0.2, 0.25) is 0 Å². The maximum Gasteiger partial charge on any atom is 0.0703 e. The van der Waals surface area contributed by atoms with Gasteiger partial charge >= 0.3 is 0 Å². The summed E-state index contributed by atoms with van der Waals surface area (Å²) in [5, 5.41) is 10.5. The van der Waals surface area contributed by atoms with E-state index < -0.39 is 5.60 Å². The molecule has 0 spiro atoms. The Hall–Kier alpha value is -0.450. The van der Waals surface area contributed by atoms with Crippen molar-refractivity contribution in [1.82, 2.24) is 4.98 Å². The van der Waals surface area contributed by atoms with Crippen molar-refractivity contribution in [3.63, 3.8) is 0 Å². The molecule has 2 rings (SSSR count). The summed E-state index contributed by atoms with van der Waals surface area (Å²) in [5.41, 5.74) is 6.33. The van der Waals surface area contributed by atoms with E-state index in [0.29, 0.717) is 12.8 Å². The van der Waals surface area contributed by atoms with Crippen LogP contribution in [0.2, 0.25) is 0 Å². The molecule has 1 fully saturated rings. The zero-order valence-corrected chi connectivity index (χ0v) is 10.8. The Kier molecular flexibility index (Phi) is 3.62. The summed E-state index contributed by atoms with van der Waals surface area (Å²) in [6.07, 6.45) is 7.78. The fourth-order valence-corrected chi connectivity index (χ4v) is 2.89. The lowest BCUT2D eigenvalue weighted by atomic mass is 9.78. The molecule has 16 heavy (non-hydrogen) atoms. The van der Waals surface area contributed by atoms with Gasteiger partial charge in [-0.1, -0.05) is 0 Å². The number of aliphatic hydroxyl groups is 1. The fraction of sp³-hybridized carbons (Fsp3) is 0.583. The highest BCUT2D eigenvalue weighted by Crippen LogP contribution is 2.30. The first-order valence-electron chi connectivity index (χ1n) is 5.65. The Morgan fingerprint density at radius 1 is 1.56 bits per heavy atom. The highest BCUT2D eigenvalue weighted by molar-refractivity contribution is 9.10. The number of pyridine rings is 1. The third-order valence-corrected chi connectivity index (χ3v) is 3.59. The molecule has 1 aliphatic carbocycles. The van der Waals surface area contributed by atoms with Gasteiger partial charge < -0.3 is 10.8 Å². The molecule has 2 atom stereocenters. The van der Waals surface area contributed by atoms with Gasteiger partial charge in [-0.2, -0.15) is 0 Å². The second-order valence-electron chi connectivity index (χ2n) is 4.77. The van der Waals surface area contributed by atoms with Crippen LogP contribution in [0.15, 0.2) is 22.9 Å². The molecule has 1 saturated carbocycles. The molecule has 4 heteroatoms. The Balaban J connectivity index is 2.08. The van der Waals surface area contributed by atoms with Crippen LogP contribution in [0.4, 0.5) is 0 Å². The smallest absolute Gasteiger partial charge is 0.0703 e. The van der Waals surface area contributed by atoms with Gasteiger partial charge in [0.25, 0.3) is 0 Å². The molecule has 0 aliphatic heterocycles. The van der Waals surface area contributed by atoms with E-state index in [1.54, 1.807) is 6.20 Å². The quantitative estimate of drug-likeness (QED) is 0.874. The molecular weight excluding hydrogens is 268 g/mol. The maximum atomic E-state index is 10.5. The molecule has 0 radical (unpaired) electrons. The molecule has 1 aromatic rings. The van der Waals surface area contributed by atoms with Gasteiger partial charge in [-0.15, -0.1) is 0 Å². The first-order valence-corrected chi connectivity index (χ1v) is 6.44. The molecule has 1 heterocycles. The Morgan fingerprint density at radius 2 is 2.38 bits per heavy atom. The van der Waals surface area contributed by atoms with E-state index in [4.69, 9.17) is 5.73 Å². The zero-order valence-electron chi connectivity index (χ0n) is 9.19. The normalized spacial score (nSPS) is 30.3. The summed E-state index contributed by atoms with van der Waals surface area (Å²) in [6.45, 7) is 0. The minimum atomic E-state index is -0.639. The first kappa shape index (κ1) is 12.0. The number of hydrogen-bond acceptors (Lipinski definition) is 3. The lowest BCUT2D eigenvalue weighted by molar-refractivity contribution is -0.00197. The molecular formula is C12H17BrN2O. The van der Waals surface area contributed by atoms with Crippen LogP contribution in [0.3, 0.4) is 0 Å². The van der Waals surface area contributed by atoms with Crippen molar-refractivity contribution in [2.75, 3.05) is 0 Å². The van der Waals surface area contributed by atoms with Crippen molar-refractivity contribution in [1.29, 1.82) is 0 Å². The minimum Gasteiger partial charge on any atom is -0.389 e. The van der Waals surface area contributed by atoms with Crippen LogP contribution in [0.25, 0.3) is 0 Å². The van der Waals surface area contributed by atoms with E-state index in [2.05, 4.69) is 20.9 Å². The fourth-order valence-electron chi connectivity index (χ4n) is 2.48. The average Bonchev–Trinajstić information content (AvgIpc) is 2.16. The van der Waals surface area contributed by atoms with E-state index >= 15 is 0 Å². The summed E-state index contributed by atoms with van der Waals surface area (Å²) in [4.78, 5) is 4.11. The van der Waals surface area contributed by atoms with Gasteiger partial charge in [0.15, 0.2) is 0 Å². The average molecular weight is 285 g/mol. The summed E-state index contributed by atoms with van der Waals surface area (Å²) in [5.74, 6) is 0. The van der Waals surface area contributed by atoms with Crippen molar-refractivity contribution >= 4 is 15.9 Å². The van der Waals surface area contributed by atoms with Gasteiger partial charge in [-0.05, 0) is 53.2 Å². The van der Waals surface area contributed by atoms with Crippen LogP contribution in [0, 0.1) is 0 Å². The summed E-state index contributed by atoms with van der Waals surface area (Å²) < 4.78 is 0.953. The first-order chi connectivity index (χ1) is 7.57. The molecule has 0 saturated heterocycles. The molecule has 88 valence electrons. The van der Waals surface area contributed by atoms with E-state index in [1.807, 2.05) is 12.3 Å².